The predicted octanol–water partition coefficient (Wildman–Crippen LogP) is 3.96. The van der Waals surface area contributed by atoms with Crippen molar-refractivity contribution in [2.75, 3.05) is 5.33 Å². The lowest BCUT2D eigenvalue weighted by atomic mass is 10.1. The van der Waals surface area contributed by atoms with Gasteiger partial charge in [0.25, 0.3) is 6.43 Å². The highest BCUT2D eigenvalue weighted by atomic mass is 79.9. The van der Waals surface area contributed by atoms with Gasteiger partial charge in [-0.3, -0.25) is 4.79 Å². The molecule has 1 aromatic rings. The van der Waals surface area contributed by atoms with Crippen molar-refractivity contribution in [1.29, 1.82) is 0 Å². The molecule has 0 amide bonds. The summed E-state index contributed by atoms with van der Waals surface area (Å²) in [5, 5.41) is 0.136. The summed E-state index contributed by atoms with van der Waals surface area (Å²) in [6.07, 6.45) is -2.58. The van der Waals surface area contributed by atoms with Crippen LogP contribution in [-0.4, -0.2) is 11.1 Å². The second-order valence-electron chi connectivity index (χ2n) is 2.59. The smallest absolute Gasteiger partial charge is 0.264 e. The van der Waals surface area contributed by atoms with Crippen LogP contribution in [0.1, 0.15) is 22.3 Å². The number of hydrogen-bond acceptors (Lipinski definition) is 1. The summed E-state index contributed by atoms with van der Waals surface area (Å²) in [4.78, 5) is 11.2. The van der Waals surface area contributed by atoms with E-state index in [1.807, 2.05) is 0 Å². The molecule has 0 atom stereocenters. The molecule has 0 aromatic heterocycles. The predicted molar refractivity (Wildman–Crippen MR) is 57.2 cm³/mol. The lowest BCUT2D eigenvalue weighted by molar-refractivity contribution is 0.102. The van der Waals surface area contributed by atoms with Crippen LogP contribution in [0.25, 0.3) is 0 Å². The van der Waals surface area contributed by atoms with Gasteiger partial charge in [0, 0.05) is 15.6 Å². The first-order chi connectivity index (χ1) is 6.56. The van der Waals surface area contributed by atoms with E-state index < -0.39 is 6.43 Å². The van der Waals surface area contributed by atoms with Crippen molar-refractivity contribution in [3.05, 3.63) is 33.8 Å². The van der Waals surface area contributed by atoms with Crippen molar-refractivity contribution in [2.45, 2.75) is 6.43 Å². The third kappa shape index (κ3) is 2.60. The molecule has 1 nitrogen and oxygen atoms in total. The van der Waals surface area contributed by atoms with Gasteiger partial charge in [0.15, 0.2) is 5.78 Å². The minimum Gasteiger partial charge on any atom is -0.293 e. The van der Waals surface area contributed by atoms with E-state index in [0.717, 1.165) is 0 Å². The molecular formula is C9H6Br2F2O. The van der Waals surface area contributed by atoms with Crippen LogP contribution in [0.15, 0.2) is 22.7 Å². The van der Waals surface area contributed by atoms with Crippen LogP contribution in [-0.2, 0) is 0 Å². The number of carbonyl (C=O) groups excluding carboxylic acids is 1. The zero-order chi connectivity index (χ0) is 10.7. The maximum atomic E-state index is 12.4. The molecule has 0 spiro atoms. The van der Waals surface area contributed by atoms with E-state index >= 15 is 0 Å². The minimum atomic E-state index is -2.58. The first kappa shape index (κ1) is 11.8. The van der Waals surface area contributed by atoms with Gasteiger partial charge in [0.2, 0.25) is 0 Å². The lowest BCUT2D eigenvalue weighted by Crippen LogP contribution is -2.01. The fourth-order valence-corrected chi connectivity index (χ4v) is 1.70. The number of hydrogen-bond donors (Lipinski definition) is 0. The molecule has 0 bridgehead atoms. The molecule has 0 N–H and O–H groups in total. The third-order valence-electron chi connectivity index (χ3n) is 1.67. The van der Waals surface area contributed by atoms with Crippen LogP contribution in [0.5, 0.6) is 0 Å². The van der Waals surface area contributed by atoms with Crippen LogP contribution in [0.3, 0.4) is 0 Å². The molecular weight excluding hydrogens is 322 g/mol. The van der Waals surface area contributed by atoms with E-state index in [2.05, 4.69) is 31.9 Å². The van der Waals surface area contributed by atoms with E-state index in [-0.39, 0.29) is 16.7 Å². The molecule has 0 saturated carbocycles. The van der Waals surface area contributed by atoms with E-state index in [4.69, 9.17) is 0 Å². The number of halogens is 4. The molecule has 0 aliphatic carbocycles. The first-order valence-electron chi connectivity index (χ1n) is 3.73. The Kier molecular flexibility index (Phi) is 4.19. The summed E-state index contributed by atoms with van der Waals surface area (Å²) < 4.78 is 25.2. The maximum Gasteiger partial charge on any atom is 0.264 e. The Hall–Kier alpha value is -0.290. The topological polar surface area (TPSA) is 17.1 Å². The molecule has 0 heterocycles. The van der Waals surface area contributed by atoms with Crippen molar-refractivity contribution in [3.8, 4) is 0 Å². The van der Waals surface area contributed by atoms with Crippen LogP contribution in [0.4, 0.5) is 8.78 Å². The lowest BCUT2D eigenvalue weighted by Gasteiger charge is -2.05. The van der Waals surface area contributed by atoms with Crippen molar-refractivity contribution in [2.24, 2.45) is 0 Å². The molecule has 1 rings (SSSR count). The molecule has 14 heavy (non-hydrogen) atoms. The Balaban J connectivity index is 3.13. The fraction of sp³-hybridized carbons (Fsp3) is 0.222. The van der Waals surface area contributed by atoms with Gasteiger partial charge in [-0.05, 0) is 12.1 Å². The summed E-state index contributed by atoms with van der Waals surface area (Å²) in [5.74, 6) is -0.209. The Morgan fingerprint density at radius 3 is 2.57 bits per heavy atom. The summed E-state index contributed by atoms with van der Waals surface area (Å²) in [7, 11) is 0. The van der Waals surface area contributed by atoms with Gasteiger partial charge in [0.1, 0.15) is 0 Å². The fourth-order valence-electron chi connectivity index (χ4n) is 0.962. The zero-order valence-electron chi connectivity index (χ0n) is 6.94. The van der Waals surface area contributed by atoms with Gasteiger partial charge in [-0.1, -0.05) is 37.9 Å². The molecule has 1 aromatic carbocycles. The van der Waals surface area contributed by atoms with Crippen molar-refractivity contribution < 1.29 is 13.6 Å². The first-order valence-corrected chi connectivity index (χ1v) is 5.64. The molecule has 0 aliphatic rings. The normalized spacial score (nSPS) is 10.6. The van der Waals surface area contributed by atoms with Gasteiger partial charge < -0.3 is 0 Å². The Bertz CT molecular complexity index is 353. The standard InChI is InChI=1S/C9H6Br2F2O/c10-4-8(14)5-1-2-7(11)6(3-5)9(12)13/h1-3,9H,4H2. The molecule has 0 fully saturated rings. The number of carbonyl (C=O) groups is 1. The number of ketones is 1. The Morgan fingerprint density at radius 2 is 2.07 bits per heavy atom. The van der Waals surface area contributed by atoms with E-state index in [1.54, 1.807) is 0 Å². The van der Waals surface area contributed by atoms with Crippen LogP contribution < -0.4 is 0 Å². The molecule has 76 valence electrons. The number of rotatable bonds is 3. The molecule has 0 aliphatic heterocycles. The summed E-state index contributed by atoms with van der Waals surface area (Å²) in [6.45, 7) is 0. The van der Waals surface area contributed by atoms with Crippen molar-refractivity contribution >= 4 is 37.6 Å². The zero-order valence-corrected chi connectivity index (χ0v) is 10.1. The van der Waals surface area contributed by atoms with Gasteiger partial charge in [-0.25, -0.2) is 8.78 Å². The van der Waals surface area contributed by atoms with Crippen molar-refractivity contribution in [3.63, 3.8) is 0 Å². The largest absolute Gasteiger partial charge is 0.293 e. The quantitative estimate of drug-likeness (QED) is 0.606. The highest BCUT2D eigenvalue weighted by molar-refractivity contribution is 9.10. The third-order valence-corrected chi connectivity index (χ3v) is 2.91. The Morgan fingerprint density at radius 1 is 1.43 bits per heavy atom. The van der Waals surface area contributed by atoms with Crippen LogP contribution in [0.2, 0.25) is 0 Å². The summed E-state index contributed by atoms with van der Waals surface area (Å²) in [6, 6.07) is 4.18. The second-order valence-corrected chi connectivity index (χ2v) is 4.01. The van der Waals surface area contributed by atoms with Crippen LogP contribution >= 0.6 is 31.9 Å². The highest BCUT2D eigenvalue weighted by Gasteiger charge is 2.14. The summed E-state index contributed by atoms with van der Waals surface area (Å²) in [5.41, 5.74) is 0.136. The van der Waals surface area contributed by atoms with Gasteiger partial charge in [0.05, 0.1) is 5.33 Å². The summed E-state index contributed by atoms with van der Waals surface area (Å²) >= 11 is 5.98. The van der Waals surface area contributed by atoms with E-state index in [0.29, 0.717) is 10.0 Å². The van der Waals surface area contributed by atoms with E-state index in [1.165, 1.54) is 18.2 Å². The van der Waals surface area contributed by atoms with Gasteiger partial charge >= 0.3 is 0 Å². The highest BCUT2D eigenvalue weighted by Crippen LogP contribution is 2.28. The number of Topliss-reactive ketones (excluding diaryl/α,β-unsaturated/α-hetero) is 1. The monoisotopic (exact) mass is 326 g/mol. The van der Waals surface area contributed by atoms with E-state index in [9.17, 15) is 13.6 Å². The Labute approximate surface area is 96.8 Å². The van der Waals surface area contributed by atoms with Crippen LogP contribution in [0, 0.1) is 0 Å². The van der Waals surface area contributed by atoms with Crippen molar-refractivity contribution in [1.82, 2.24) is 0 Å². The molecule has 0 saturated heterocycles. The van der Waals surface area contributed by atoms with Gasteiger partial charge in [-0.15, -0.1) is 0 Å². The van der Waals surface area contributed by atoms with Gasteiger partial charge in [-0.2, -0.15) is 0 Å². The second kappa shape index (κ2) is 4.98. The molecule has 5 heteroatoms. The SMILES string of the molecule is O=C(CBr)c1ccc(Br)c(C(F)F)c1. The maximum absolute atomic E-state index is 12.4. The average Bonchev–Trinajstić information content (AvgIpc) is 2.17. The number of benzene rings is 1. The molecule has 0 radical (unpaired) electrons. The molecule has 0 unspecified atom stereocenters. The minimum absolute atomic E-state index is 0.136. The number of alkyl halides is 3. The average molecular weight is 328 g/mol.